The largest absolute Gasteiger partial charge is 0.382 e. The van der Waals surface area contributed by atoms with Crippen LogP contribution in [0, 0.1) is 0 Å². The summed E-state index contributed by atoms with van der Waals surface area (Å²) in [4.78, 5) is 59.3. The van der Waals surface area contributed by atoms with Gasteiger partial charge >= 0.3 is 0 Å². The van der Waals surface area contributed by atoms with Crippen LogP contribution in [0.5, 0.6) is 0 Å². The number of unbranched alkanes of at least 4 members (excludes halogenated alkanes) is 5. The monoisotopic (exact) mass is 1080 g/mol. The van der Waals surface area contributed by atoms with Crippen LogP contribution in [0.25, 0.3) is 43.1 Å². The summed E-state index contributed by atoms with van der Waals surface area (Å²) in [5.41, 5.74) is 1.93. The minimum absolute atomic E-state index is 0.0315. The first-order valence-corrected chi connectivity index (χ1v) is 28.5. The lowest BCUT2D eigenvalue weighted by Crippen LogP contribution is -2.48. The van der Waals surface area contributed by atoms with Gasteiger partial charge in [0.15, 0.2) is 0 Å². The number of carbonyl (C=O) groups is 4. The van der Waals surface area contributed by atoms with Crippen LogP contribution < -0.4 is 0 Å². The summed E-state index contributed by atoms with van der Waals surface area (Å²) >= 11 is 0. The van der Waals surface area contributed by atoms with E-state index < -0.39 is 6.04 Å². The molecule has 0 saturated carbocycles. The predicted molar refractivity (Wildman–Crippen MR) is 302 cm³/mol. The Bertz CT molecular complexity index is 2660. The molecule has 9 atom stereocenters. The molecule has 2 aliphatic rings. The number of nitrogens with zero attached hydrogens (tertiary/aromatic N) is 2. The fraction of sp³-hybridized carbons (Fsp3) is 0.613. The molecule has 0 aliphatic carbocycles. The molecule has 2 heterocycles. The highest BCUT2D eigenvalue weighted by Crippen LogP contribution is 2.46. The number of hydrogen-bond donors (Lipinski definition) is 0. The molecule has 5 aromatic rings. The van der Waals surface area contributed by atoms with E-state index in [-0.39, 0.29) is 85.7 Å². The lowest BCUT2D eigenvalue weighted by Gasteiger charge is -2.33. The highest BCUT2D eigenvalue weighted by molar-refractivity contribution is 6.41. The van der Waals surface area contributed by atoms with Crippen molar-refractivity contribution < 1.29 is 66.5 Å². The molecule has 2 aliphatic heterocycles. The smallest absolute Gasteiger partial charge is 0.261 e. The van der Waals surface area contributed by atoms with Crippen molar-refractivity contribution in [3.05, 3.63) is 70.8 Å². The van der Waals surface area contributed by atoms with Gasteiger partial charge in [0.1, 0.15) is 0 Å². The minimum Gasteiger partial charge on any atom is -0.382 e. The van der Waals surface area contributed by atoms with E-state index in [1.165, 1.54) is 16.2 Å². The van der Waals surface area contributed by atoms with Crippen LogP contribution in [-0.4, -0.2) is 175 Å². The number of methoxy groups -OCH3 is 1. The number of imide groups is 2. The van der Waals surface area contributed by atoms with Crippen molar-refractivity contribution in [1.82, 2.24) is 9.80 Å². The van der Waals surface area contributed by atoms with Crippen molar-refractivity contribution in [2.45, 2.75) is 163 Å². The zero-order valence-electron chi connectivity index (χ0n) is 48.2. The maximum absolute atomic E-state index is 14.4. The molecule has 78 heavy (non-hydrogen) atoms. The van der Waals surface area contributed by atoms with Gasteiger partial charge in [-0.05, 0) is 125 Å². The molecule has 0 fully saturated rings. The Morgan fingerprint density at radius 3 is 1.05 bits per heavy atom. The van der Waals surface area contributed by atoms with Crippen LogP contribution >= 0.6 is 0 Å². The molecule has 0 spiro atoms. The second-order valence-electron chi connectivity index (χ2n) is 21.7. The lowest BCUT2D eigenvalue weighted by atomic mass is 9.82. The van der Waals surface area contributed by atoms with Gasteiger partial charge in [-0.15, -0.1) is 0 Å². The van der Waals surface area contributed by atoms with Crippen LogP contribution in [0.4, 0.5) is 0 Å². The molecule has 0 bridgehead atoms. The number of benzene rings is 5. The third kappa shape index (κ3) is 15.0. The molecule has 16 nitrogen and oxygen atoms in total. The van der Waals surface area contributed by atoms with Crippen molar-refractivity contribution in [2.24, 2.45) is 0 Å². The van der Waals surface area contributed by atoms with E-state index in [4.69, 9.17) is 47.4 Å². The third-order valence-electron chi connectivity index (χ3n) is 14.6. The number of rotatable bonds is 37. The number of ether oxygens (including phenoxy) is 10. The van der Waals surface area contributed by atoms with Gasteiger partial charge in [-0.25, -0.2) is 0 Å². The first-order chi connectivity index (χ1) is 37.5. The van der Waals surface area contributed by atoms with E-state index >= 15 is 0 Å². The molecule has 0 aromatic heterocycles. The van der Waals surface area contributed by atoms with Gasteiger partial charge in [-0.1, -0.05) is 63.3 Å². The Hall–Kier alpha value is -4.72. The highest BCUT2D eigenvalue weighted by Gasteiger charge is 2.39. The number of carbonyl (C=O) groups excluding carboxylic acids is 4. The lowest BCUT2D eigenvalue weighted by molar-refractivity contribution is -0.110. The molecule has 428 valence electrons. The van der Waals surface area contributed by atoms with Crippen molar-refractivity contribution in [3.8, 4) is 0 Å². The topological polar surface area (TPSA) is 167 Å². The van der Waals surface area contributed by atoms with Crippen LogP contribution in [0.3, 0.4) is 0 Å². The van der Waals surface area contributed by atoms with Crippen LogP contribution in [-0.2, 0) is 47.4 Å². The molecular weight excluding hydrogens is 997 g/mol. The SMILES string of the molecule is CCCCCCCCN1C(=O)c2ccc3c4ccc5c6c(ccc(c7ccc(c2c37)C1=O)c64)C(=O)N(C(C)COC(C)COC(C)COC(C)COC(C)COC(C)COC(C)COC(C)COC(C)COCCOC)C5=O. The fourth-order valence-corrected chi connectivity index (χ4v) is 10.2. The predicted octanol–water partition coefficient (Wildman–Crippen LogP) is 10.6. The molecule has 4 amide bonds. The Balaban J connectivity index is 0.824. The number of hydrogen-bond acceptors (Lipinski definition) is 14. The molecule has 0 radical (unpaired) electrons. The summed E-state index contributed by atoms with van der Waals surface area (Å²) in [6.45, 7) is 24.6. The summed E-state index contributed by atoms with van der Waals surface area (Å²) in [5.74, 6) is -1.29. The van der Waals surface area contributed by atoms with Gasteiger partial charge in [0.25, 0.3) is 23.6 Å². The summed E-state index contributed by atoms with van der Waals surface area (Å²) in [7, 11) is 1.65. The molecule has 7 rings (SSSR count). The Morgan fingerprint density at radius 2 is 0.692 bits per heavy atom. The van der Waals surface area contributed by atoms with Crippen LogP contribution in [0.2, 0.25) is 0 Å². The highest BCUT2D eigenvalue weighted by atomic mass is 16.6. The van der Waals surface area contributed by atoms with Crippen molar-refractivity contribution in [1.29, 1.82) is 0 Å². The van der Waals surface area contributed by atoms with Gasteiger partial charge in [-0.3, -0.25) is 29.0 Å². The van der Waals surface area contributed by atoms with Crippen molar-refractivity contribution in [2.75, 3.05) is 86.3 Å². The summed E-state index contributed by atoms with van der Waals surface area (Å²) < 4.78 is 58.5. The van der Waals surface area contributed by atoms with Crippen LogP contribution in [0.1, 0.15) is 149 Å². The normalized spacial score (nSPS) is 17.4. The third-order valence-corrected chi connectivity index (χ3v) is 14.6. The quantitative estimate of drug-likeness (QED) is 0.0159. The number of fused-ring (bicyclic) bond motifs is 2. The molecular formula is C62H86N2O14. The van der Waals surface area contributed by atoms with Gasteiger partial charge < -0.3 is 47.4 Å². The van der Waals surface area contributed by atoms with E-state index in [0.29, 0.717) is 99.0 Å². The van der Waals surface area contributed by atoms with E-state index in [9.17, 15) is 19.2 Å². The van der Waals surface area contributed by atoms with E-state index in [1.54, 1.807) is 19.2 Å². The van der Waals surface area contributed by atoms with Gasteiger partial charge in [0, 0.05) is 46.7 Å². The van der Waals surface area contributed by atoms with E-state index in [0.717, 1.165) is 64.4 Å². The zero-order chi connectivity index (χ0) is 56.0. The maximum atomic E-state index is 14.4. The summed E-state index contributed by atoms with van der Waals surface area (Å²) in [5, 5.41) is 6.38. The molecule has 9 unspecified atom stereocenters. The van der Waals surface area contributed by atoms with Crippen molar-refractivity contribution >= 4 is 66.7 Å². The van der Waals surface area contributed by atoms with Crippen LogP contribution in [0.15, 0.2) is 48.5 Å². The zero-order valence-corrected chi connectivity index (χ0v) is 48.2. The standard InChI is InChI=1S/C62H86N2O14/c1-12-13-14-15-16-17-26-63-59(65)51-22-18-47-49-20-24-53-58-54(25-21-50(56(49)58)48-19-23-52(60(63)66)57(51)55(47)48)62(68)64(61(53)67)38(2)29-71-40(4)31-73-42(6)33-75-44(8)35-77-46(10)37-78-45(9)36-76-43(7)34-74-41(5)32-72-39(3)30-70-28-27-69-11/h18-25,38-46H,12-17,26-37H2,1-11H3. The second-order valence-corrected chi connectivity index (χ2v) is 21.7. The molecule has 5 aromatic carbocycles. The van der Waals surface area contributed by atoms with E-state index in [2.05, 4.69) is 6.92 Å². The Kier molecular flexibility index (Phi) is 22.7. The second kappa shape index (κ2) is 29.1. The average Bonchev–Trinajstić information content (AvgIpc) is 3.23. The minimum atomic E-state index is -0.566. The average molecular weight is 1080 g/mol. The molecule has 16 heteroatoms. The number of amides is 4. The van der Waals surface area contributed by atoms with Crippen molar-refractivity contribution in [3.63, 3.8) is 0 Å². The van der Waals surface area contributed by atoms with E-state index in [1.807, 2.05) is 98.7 Å². The van der Waals surface area contributed by atoms with Gasteiger partial charge in [-0.2, -0.15) is 0 Å². The first-order valence-electron chi connectivity index (χ1n) is 28.5. The molecule has 0 N–H and O–H groups in total. The Morgan fingerprint density at radius 1 is 0.372 bits per heavy atom. The first kappa shape index (κ1) is 60.9. The summed E-state index contributed by atoms with van der Waals surface area (Å²) in [6, 6.07) is 14.5. The van der Waals surface area contributed by atoms with Gasteiger partial charge in [0.2, 0.25) is 0 Å². The molecule has 0 saturated heterocycles. The summed E-state index contributed by atoms with van der Waals surface area (Å²) in [6.07, 6.45) is 5.15. The Labute approximate surface area is 461 Å². The fourth-order valence-electron chi connectivity index (χ4n) is 10.2. The van der Waals surface area contributed by atoms with Gasteiger partial charge in [0.05, 0.1) is 128 Å². The maximum Gasteiger partial charge on any atom is 0.261 e.